The molecule has 3 aromatic rings. The molecule has 3 heterocycles. The fraction of sp³-hybridized carbons (Fsp3) is 0.318. The van der Waals surface area contributed by atoms with Gasteiger partial charge in [-0.1, -0.05) is 18.2 Å². The number of hydrogen-bond acceptors (Lipinski definition) is 5. The van der Waals surface area contributed by atoms with E-state index in [0.717, 1.165) is 35.6 Å². The Morgan fingerprint density at radius 3 is 2.96 bits per heavy atom. The summed E-state index contributed by atoms with van der Waals surface area (Å²) in [6.07, 6.45) is 4.15. The van der Waals surface area contributed by atoms with Crippen molar-refractivity contribution in [2.75, 3.05) is 13.7 Å². The van der Waals surface area contributed by atoms with E-state index in [0.29, 0.717) is 24.6 Å². The van der Waals surface area contributed by atoms with Crippen LogP contribution in [-0.4, -0.2) is 34.4 Å². The van der Waals surface area contributed by atoms with Gasteiger partial charge in [-0.05, 0) is 49.6 Å². The van der Waals surface area contributed by atoms with Crippen LogP contribution in [0.15, 0.2) is 53.1 Å². The quantitative estimate of drug-likeness (QED) is 0.673. The van der Waals surface area contributed by atoms with Crippen LogP contribution in [0.25, 0.3) is 0 Å². The molecule has 28 heavy (non-hydrogen) atoms. The van der Waals surface area contributed by atoms with Crippen LogP contribution in [-0.2, 0) is 6.42 Å². The summed E-state index contributed by atoms with van der Waals surface area (Å²) in [5.74, 6) is 2.11. The molecule has 0 saturated carbocycles. The number of methoxy groups -OCH3 is 1. The number of likely N-dealkylation sites (tertiary alicyclic amines) is 1. The van der Waals surface area contributed by atoms with Crippen molar-refractivity contribution in [2.24, 2.45) is 0 Å². The molecule has 0 bridgehead atoms. The average molecular weight is 377 g/mol. The minimum absolute atomic E-state index is 0.0706. The molecular weight excluding hydrogens is 354 g/mol. The molecule has 1 fully saturated rings. The summed E-state index contributed by atoms with van der Waals surface area (Å²) in [6.45, 7) is 2.57. The first-order valence-electron chi connectivity index (χ1n) is 9.46. The lowest BCUT2D eigenvalue weighted by molar-refractivity contribution is 0.0708. The highest BCUT2D eigenvalue weighted by atomic mass is 16.5. The maximum Gasteiger partial charge on any atom is 0.273 e. The van der Waals surface area contributed by atoms with Crippen molar-refractivity contribution in [3.63, 3.8) is 0 Å². The second kappa shape index (κ2) is 7.84. The van der Waals surface area contributed by atoms with Crippen molar-refractivity contribution >= 4 is 5.91 Å². The van der Waals surface area contributed by atoms with Crippen LogP contribution in [0.3, 0.4) is 0 Å². The van der Waals surface area contributed by atoms with Crippen LogP contribution >= 0.6 is 0 Å². The average Bonchev–Trinajstić information content (AvgIpc) is 3.37. The fourth-order valence-electron chi connectivity index (χ4n) is 3.62. The van der Waals surface area contributed by atoms with Crippen molar-refractivity contribution in [1.82, 2.24) is 14.9 Å². The summed E-state index contributed by atoms with van der Waals surface area (Å²) in [5, 5.41) is 0. The Balaban J connectivity index is 1.51. The molecule has 144 valence electrons. The normalized spacial score (nSPS) is 16.4. The summed E-state index contributed by atoms with van der Waals surface area (Å²) < 4.78 is 11.3. The lowest BCUT2D eigenvalue weighted by Gasteiger charge is -2.22. The number of ether oxygens (including phenoxy) is 1. The highest BCUT2D eigenvalue weighted by Crippen LogP contribution is 2.33. The molecule has 4 rings (SSSR count). The van der Waals surface area contributed by atoms with Gasteiger partial charge >= 0.3 is 0 Å². The van der Waals surface area contributed by atoms with E-state index in [9.17, 15) is 4.79 Å². The van der Waals surface area contributed by atoms with Crippen molar-refractivity contribution in [2.45, 2.75) is 32.2 Å². The van der Waals surface area contributed by atoms with E-state index in [2.05, 4.69) is 9.97 Å². The van der Waals surface area contributed by atoms with Gasteiger partial charge in [0, 0.05) is 18.7 Å². The largest absolute Gasteiger partial charge is 0.497 e. The molecule has 1 amide bonds. The first kappa shape index (κ1) is 18.2. The number of oxazole rings is 1. The Morgan fingerprint density at radius 1 is 1.29 bits per heavy atom. The highest BCUT2D eigenvalue weighted by molar-refractivity contribution is 5.92. The summed E-state index contributed by atoms with van der Waals surface area (Å²) in [7, 11) is 1.65. The number of aryl methyl sites for hydroxylation is 1. The van der Waals surface area contributed by atoms with E-state index in [1.54, 1.807) is 19.4 Å². The third-order valence-electron chi connectivity index (χ3n) is 4.99. The molecular formula is C22H23N3O3. The van der Waals surface area contributed by atoms with Gasteiger partial charge in [0.2, 0.25) is 5.89 Å². The van der Waals surface area contributed by atoms with Gasteiger partial charge in [-0.15, -0.1) is 0 Å². The monoisotopic (exact) mass is 377 g/mol. The Morgan fingerprint density at radius 2 is 2.14 bits per heavy atom. The Bertz CT molecular complexity index is 982. The molecule has 1 saturated heterocycles. The van der Waals surface area contributed by atoms with Crippen molar-refractivity contribution < 1.29 is 13.9 Å². The number of benzene rings is 1. The summed E-state index contributed by atoms with van der Waals surface area (Å²) in [5.41, 5.74) is 2.39. The second-order valence-electron chi connectivity index (χ2n) is 7.01. The van der Waals surface area contributed by atoms with Gasteiger partial charge in [-0.2, -0.15) is 0 Å². The molecule has 0 N–H and O–H groups in total. The lowest BCUT2D eigenvalue weighted by Crippen LogP contribution is -2.31. The Labute approximate surface area is 164 Å². The number of pyridine rings is 1. The van der Waals surface area contributed by atoms with Crippen LogP contribution in [0.2, 0.25) is 0 Å². The predicted molar refractivity (Wildman–Crippen MR) is 104 cm³/mol. The zero-order chi connectivity index (χ0) is 19.5. The topological polar surface area (TPSA) is 68.5 Å². The number of carbonyl (C=O) groups is 1. The smallest absolute Gasteiger partial charge is 0.273 e. The van der Waals surface area contributed by atoms with Gasteiger partial charge in [-0.25, -0.2) is 9.97 Å². The SMILES string of the molecule is COc1cccc(Cc2cnc(C3CCCN3C(=O)c3cccc(C)n3)o2)c1. The number of hydrogen-bond donors (Lipinski definition) is 0. The van der Waals surface area contributed by atoms with E-state index in [4.69, 9.17) is 9.15 Å². The highest BCUT2D eigenvalue weighted by Gasteiger charge is 2.34. The zero-order valence-electron chi connectivity index (χ0n) is 16.1. The third-order valence-corrected chi connectivity index (χ3v) is 4.99. The molecule has 1 atom stereocenters. The minimum Gasteiger partial charge on any atom is -0.497 e. The summed E-state index contributed by atoms with van der Waals surface area (Å²) in [6, 6.07) is 13.2. The lowest BCUT2D eigenvalue weighted by atomic mass is 10.1. The van der Waals surface area contributed by atoms with E-state index < -0.39 is 0 Å². The van der Waals surface area contributed by atoms with Gasteiger partial charge in [0.1, 0.15) is 23.2 Å². The Kier molecular flexibility index (Phi) is 5.10. The van der Waals surface area contributed by atoms with Crippen molar-refractivity contribution in [3.8, 4) is 5.75 Å². The number of rotatable bonds is 5. The molecule has 2 aromatic heterocycles. The first-order chi connectivity index (χ1) is 13.6. The van der Waals surface area contributed by atoms with E-state index in [1.807, 2.05) is 48.2 Å². The third kappa shape index (κ3) is 3.76. The van der Waals surface area contributed by atoms with Crippen molar-refractivity contribution in [3.05, 3.63) is 77.3 Å². The van der Waals surface area contributed by atoms with Gasteiger partial charge in [0.15, 0.2) is 0 Å². The molecule has 0 radical (unpaired) electrons. The summed E-state index contributed by atoms with van der Waals surface area (Å²) >= 11 is 0. The minimum atomic E-state index is -0.145. The maximum atomic E-state index is 12.9. The summed E-state index contributed by atoms with van der Waals surface area (Å²) in [4.78, 5) is 23.6. The van der Waals surface area contributed by atoms with E-state index >= 15 is 0 Å². The predicted octanol–water partition coefficient (Wildman–Crippen LogP) is 3.95. The molecule has 1 aromatic carbocycles. The molecule has 0 spiro atoms. The van der Waals surface area contributed by atoms with Crippen LogP contribution in [0.5, 0.6) is 5.75 Å². The zero-order valence-corrected chi connectivity index (χ0v) is 16.1. The van der Waals surface area contributed by atoms with Crippen LogP contribution in [0.4, 0.5) is 0 Å². The number of amides is 1. The first-order valence-corrected chi connectivity index (χ1v) is 9.46. The number of nitrogens with zero attached hydrogens (tertiary/aromatic N) is 3. The van der Waals surface area contributed by atoms with Gasteiger partial charge < -0.3 is 14.1 Å². The molecule has 1 aliphatic heterocycles. The van der Waals surface area contributed by atoms with Gasteiger partial charge in [0.05, 0.1) is 13.3 Å². The molecule has 6 nitrogen and oxygen atoms in total. The van der Waals surface area contributed by atoms with Crippen LogP contribution < -0.4 is 4.74 Å². The Hall–Kier alpha value is -3.15. The van der Waals surface area contributed by atoms with E-state index in [1.165, 1.54) is 0 Å². The molecule has 1 aliphatic rings. The molecule has 6 heteroatoms. The van der Waals surface area contributed by atoms with Crippen LogP contribution in [0.1, 0.15) is 52.3 Å². The second-order valence-corrected chi connectivity index (χ2v) is 7.01. The molecule has 0 aliphatic carbocycles. The van der Waals surface area contributed by atoms with Gasteiger partial charge in [0.25, 0.3) is 5.91 Å². The standard InChI is InChI=1S/C22H23N3O3/c1-15-6-3-9-19(24-15)22(26)25-11-5-10-20(25)21-23-14-18(28-21)13-16-7-4-8-17(12-16)27-2/h3-4,6-9,12,14,20H,5,10-11,13H2,1-2H3. The van der Waals surface area contributed by atoms with Crippen LogP contribution in [0, 0.1) is 6.92 Å². The van der Waals surface area contributed by atoms with Gasteiger partial charge in [-0.3, -0.25) is 4.79 Å². The molecule has 1 unspecified atom stereocenters. The number of carbonyl (C=O) groups excluding carboxylic acids is 1. The fourth-order valence-corrected chi connectivity index (χ4v) is 3.62. The van der Waals surface area contributed by atoms with Crippen molar-refractivity contribution in [1.29, 1.82) is 0 Å². The number of aromatic nitrogens is 2. The maximum absolute atomic E-state index is 12.9. The van der Waals surface area contributed by atoms with E-state index in [-0.39, 0.29) is 11.9 Å².